The van der Waals surface area contributed by atoms with E-state index in [9.17, 15) is 0 Å². The molecule has 0 aliphatic heterocycles. The average Bonchev–Trinajstić information content (AvgIpc) is 2.37. The van der Waals surface area contributed by atoms with Crippen molar-refractivity contribution in [2.45, 2.75) is 6.42 Å². The molecule has 0 unspecified atom stereocenters. The third-order valence-electron chi connectivity index (χ3n) is 1.30. The van der Waals surface area contributed by atoms with Gasteiger partial charge in [-0.05, 0) is 18.6 Å². The van der Waals surface area contributed by atoms with Gasteiger partial charge >= 0.3 is 0 Å². The number of rotatable bonds is 3. The summed E-state index contributed by atoms with van der Waals surface area (Å²) in [5.41, 5.74) is 0.984. The Bertz CT molecular complexity index is 240. The first-order valence-corrected chi connectivity index (χ1v) is 4.08. The van der Waals surface area contributed by atoms with Crippen molar-refractivity contribution < 1.29 is 0 Å². The number of halogens is 1. The zero-order chi connectivity index (χ0) is 8.10. The van der Waals surface area contributed by atoms with Crippen LogP contribution in [0.2, 0.25) is 0 Å². The van der Waals surface area contributed by atoms with Gasteiger partial charge in [-0.25, -0.2) is 0 Å². The standard InChI is InChI=1S/C8H11ClN2/c1-11-7-5-8(10-11)4-2-3-6-9/h2,4-5,7H,3,6H2,1H3/b4-2+. The maximum atomic E-state index is 5.50. The molecule has 0 saturated heterocycles. The predicted molar refractivity (Wildman–Crippen MR) is 47.6 cm³/mol. The Balaban J connectivity index is 2.50. The zero-order valence-electron chi connectivity index (χ0n) is 6.50. The summed E-state index contributed by atoms with van der Waals surface area (Å²) >= 11 is 5.50. The van der Waals surface area contributed by atoms with Crippen molar-refractivity contribution in [3.05, 3.63) is 24.0 Å². The van der Waals surface area contributed by atoms with Crippen LogP contribution in [0.25, 0.3) is 6.08 Å². The van der Waals surface area contributed by atoms with Gasteiger partial charge in [-0.15, -0.1) is 11.6 Å². The van der Waals surface area contributed by atoms with Crippen molar-refractivity contribution in [3.63, 3.8) is 0 Å². The highest BCUT2D eigenvalue weighted by Crippen LogP contribution is 1.98. The molecule has 0 bridgehead atoms. The van der Waals surface area contributed by atoms with Crippen molar-refractivity contribution in [1.29, 1.82) is 0 Å². The first-order chi connectivity index (χ1) is 5.33. The summed E-state index contributed by atoms with van der Waals surface area (Å²) in [6.07, 6.45) is 6.82. The molecule has 1 aromatic heterocycles. The number of hydrogen-bond acceptors (Lipinski definition) is 1. The molecule has 0 amide bonds. The van der Waals surface area contributed by atoms with E-state index in [1.165, 1.54) is 0 Å². The predicted octanol–water partition coefficient (Wildman–Crippen LogP) is 2.06. The van der Waals surface area contributed by atoms with Crippen LogP contribution in [0.4, 0.5) is 0 Å². The second-order valence-corrected chi connectivity index (χ2v) is 2.67. The summed E-state index contributed by atoms with van der Waals surface area (Å²) in [4.78, 5) is 0. The van der Waals surface area contributed by atoms with E-state index in [1.54, 1.807) is 4.68 Å². The van der Waals surface area contributed by atoms with Gasteiger partial charge in [0.15, 0.2) is 0 Å². The molecule has 0 atom stereocenters. The van der Waals surface area contributed by atoms with Crippen LogP contribution in [-0.4, -0.2) is 15.7 Å². The number of alkyl halides is 1. The van der Waals surface area contributed by atoms with Crippen molar-refractivity contribution in [1.82, 2.24) is 9.78 Å². The third kappa shape index (κ3) is 2.76. The van der Waals surface area contributed by atoms with E-state index in [0.717, 1.165) is 12.1 Å². The molecule has 1 aromatic rings. The normalized spacial score (nSPS) is 11.1. The molecule has 2 nitrogen and oxygen atoms in total. The molecular weight excluding hydrogens is 160 g/mol. The molecule has 0 radical (unpaired) electrons. The highest BCUT2D eigenvalue weighted by atomic mass is 35.5. The number of hydrogen-bond donors (Lipinski definition) is 0. The molecule has 3 heteroatoms. The van der Waals surface area contributed by atoms with Crippen LogP contribution in [0.5, 0.6) is 0 Å². The molecule has 0 fully saturated rings. The minimum absolute atomic E-state index is 0.670. The van der Waals surface area contributed by atoms with Crippen LogP contribution in [-0.2, 0) is 7.05 Å². The van der Waals surface area contributed by atoms with Gasteiger partial charge in [-0.2, -0.15) is 5.10 Å². The Kier molecular flexibility index (Phi) is 3.17. The lowest BCUT2D eigenvalue weighted by Gasteiger charge is -1.84. The Morgan fingerprint density at radius 3 is 3.09 bits per heavy atom. The SMILES string of the molecule is Cn1ccc(/C=C/CCCl)n1. The van der Waals surface area contributed by atoms with E-state index >= 15 is 0 Å². The van der Waals surface area contributed by atoms with Gasteiger partial charge in [0.2, 0.25) is 0 Å². The molecule has 60 valence electrons. The van der Waals surface area contributed by atoms with E-state index in [2.05, 4.69) is 5.10 Å². The van der Waals surface area contributed by atoms with Crippen LogP contribution >= 0.6 is 11.6 Å². The number of nitrogens with zero attached hydrogens (tertiary/aromatic N) is 2. The first-order valence-electron chi connectivity index (χ1n) is 3.55. The van der Waals surface area contributed by atoms with Gasteiger partial charge in [0.25, 0.3) is 0 Å². The van der Waals surface area contributed by atoms with Gasteiger partial charge in [0.1, 0.15) is 0 Å². The number of aryl methyl sites for hydroxylation is 1. The molecule has 0 aromatic carbocycles. The molecule has 1 rings (SSSR count). The van der Waals surface area contributed by atoms with Crippen LogP contribution in [0.15, 0.2) is 18.3 Å². The highest BCUT2D eigenvalue weighted by Gasteiger charge is 1.88. The van der Waals surface area contributed by atoms with E-state index in [1.807, 2.05) is 31.5 Å². The smallest absolute Gasteiger partial charge is 0.0847 e. The lowest BCUT2D eigenvalue weighted by Crippen LogP contribution is -1.86. The minimum Gasteiger partial charge on any atom is -0.275 e. The van der Waals surface area contributed by atoms with Gasteiger partial charge in [0, 0.05) is 19.1 Å². The van der Waals surface area contributed by atoms with E-state index in [0.29, 0.717) is 5.88 Å². The fourth-order valence-electron chi connectivity index (χ4n) is 0.789. The van der Waals surface area contributed by atoms with Crippen LogP contribution in [0.1, 0.15) is 12.1 Å². The summed E-state index contributed by atoms with van der Waals surface area (Å²) in [6.45, 7) is 0. The maximum Gasteiger partial charge on any atom is 0.0847 e. The molecule has 0 aliphatic carbocycles. The Morgan fingerprint density at radius 2 is 2.55 bits per heavy atom. The highest BCUT2D eigenvalue weighted by molar-refractivity contribution is 6.17. The molecule has 0 spiro atoms. The summed E-state index contributed by atoms with van der Waals surface area (Å²) in [7, 11) is 1.90. The summed E-state index contributed by atoms with van der Waals surface area (Å²) < 4.78 is 1.78. The van der Waals surface area contributed by atoms with Crippen molar-refractivity contribution in [2.24, 2.45) is 7.05 Å². The summed E-state index contributed by atoms with van der Waals surface area (Å²) in [5.74, 6) is 0.670. The molecule has 1 heterocycles. The summed E-state index contributed by atoms with van der Waals surface area (Å²) in [6, 6.07) is 1.96. The van der Waals surface area contributed by atoms with Crippen molar-refractivity contribution in [2.75, 3.05) is 5.88 Å². The van der Waals surface area contributed by atoms with E-state index in [-0.39, 0.29) is 0 Å². The van der Waals surface area contributed by atoms with E-state index < -0.39 is 0 Å². The average molecular weight is 171 g/mol. The lowest BCUT2D eigenvalue weighted by molar-refractivity contribution is 0.764. The zero-order valence-corrected chi connectivity index (χ0v) is 7.25. The van der Waals surface area contributed by atoms with Crippen molar-refractivity contribution >= 4 is 17.7 Å². The Labute approximate surface area is 71.5 Å². The van der Waals surface area contributed by atoms with Crippen LogP contribution in [0, 0.1) is 0 Å². The fourth-order valence-corrected chi connectivity index (χ4v) is 0.915. The topological polar surface area (TPSA) is 17.8 Å². The quantitative estimate of drug-likeness (QED) is 0.635. The second-order valence-electron chi connectivity index (χ2n) is 2.29. The molecule has 0 N–H and O–H groups in total. The van der Waals surface area contributed by atoms with E-state index in [4.69, 9.17) is 11.6 Å². The second kappa shape index (κ2) is 4.19. The monoisotopic (exact) mass is 170 g/mol. The van der Waals surface area contributed by atoms with Crippen LogP contribution in [0.3, 0.4) is 0 Å². The molecule has 11 heavy (non-hydrogen) atoms. The molecule has 0 saturated carbocycles. The van der Waals surface area contributed by atoms with Gasteiger partial charge in [0.05, 0.1) is 5.69 Å². The van der Waals surface area contributed by atoms with Crippen LogP contribution < -0.4 is 0 Å². The molecular formula is C8H11ClN2. The first kappa shape index (κ1) is 8.34. The van der Waals surface area contributed by atoms with Crippen molar-refractivity contribution in [3.8, 4) is 0 Å². The maximum absolute atomic E-state index is 5.50. The number of allylic oxidation sites excluding steroid dienone is 1. The van der Waals surface area contributed by atoms with Gasteiger partial charge < -0.3 is 0 Å². The minimum atomic E-state index is 0.670. The number of aromatic nitrogens is 2. The summed E-state index contributed by atoms with van der Waals surface area (Å²) in [5, 5.41) is 4.17. The Morgan fingerprint density at radius 1 is 1.73 bits per heavy atom. The fraction of sp³-hybridized carbons (Fsp3) is 0.375. The Hall–Kier alpha value is -0.760. The lowest BCUT2D eigenvalue weighted by atomic mass is 10.3. The van der Waals surface area contributed by atoms with Gasteiger partial charge in [-0.1, -0.05) is 6.08 Å². The third-order valence-corrected chi connectivity index (χ3v) is 1.52. The molecule has 0 aliphatic rings. The van der Waals surface area contributed by atoms with Gasteiger partial charge in [-0.3, -0.25) is 4.68 Å². The largest absolute Gasteiger partial charge is 0.275 e.